The van der Waals surface area contributed by atoms with Crippen molar-refractivity contribution in [3.8, 4) is 0 Å². The second-order valence-electron chi connectivity index (χ2n) is 5.43. The molecule has 0 unspecified atom stereocenters. The van der Waals surface area contributed by atoms with Crippen LogP contribution in [0.5, 0.6) is 0 Å². The third-order valence-electron chi connectivity index (χ3n) is 3.85. The molecule has 7 N–H and O–H groups in total. The van der Waals surface area contributed by atoms with E-state index in [1.807, 2.05) is 0 Å². The first-order valence-electron chi connectivity index (χ1n) is 6.94. The van der Waals surface area contributed by atoms with Crippen LogP contribution in [0.25, 0.3) is 0 Å². The van der Waals surface area contributed by atoms with Crippen molar-refractivity contribution in [1.82, 2.24) is 0 Å². The van der Waals surface area contributed by atoms with Gasteiger partial charge in [0.25, 0.3) is 0 Å². The molecule has 0 amide bonds. The van der Waals surface area contributed by atoms with Gasteiger partial charge in [-0.25, -0.2) is 4.79 Å². The number of aliphatic hydroxyl groups excluding tert-OH is 7. The van der Waals surface area contributed by atoms with Crippen molar-refractivity contribution in [2.45, 2.75) is 55.1 Å². The first-order chi connectivity index (χ1) is 10.8. The van der Waals surface area contributed by atoms with Crippen LogP contribution in [-0.2, 0) is 19.0 Å². The smallest absolute Gasteiger partial charge is 0.338 e. The van der Waals surface area contributed by atoms with Crippen molar-refractivity contribution in [3.63, 3.8) is 0 Å². The van der Waals surface area contributed by atoms with Gasteiger partial charge in [0.2, 0.25) is 0 Å². The zero-order valence-corrected chi connectivity index (χ0v) is 11.9. The minimum Gasteiger partial charge on any atom is -0.461 e. The molecule has 0 aliphatic carbocycles. The summed E-state index contributed by atoms with van der Waals surface area (Å²) in [6, 6.07) is 0. The maximum atomic E-state index is 11.8. The highest BCUT2D eigenvalue weighted by molar-refractivity contribution is 5.75. The van der Waals surface area contributed by atoms with Crippen molar-refractivity contribution in [2.75, 3.05) is 13.2 Å². The van der Waals surface area contributed by atoms with E-state index in [4.69, 9.17) is 14.6 Å². The van der Waals surface area contributed by atoms with E-state index in [1.165, 1.54) is 0 Å². The molecule has 2 fully saturated rings. The number of hydrogen-bond acceptors (Lipinski definition) is 11. The number of esters is 1. The Morgan fingerprint density at radius 1 is 0.826 bits per heavy atom. The summed E-state index contributed by atoms with van der Waals surface area (Å²) >= 11 is 0. The average Bonchev–Trinajstić information content (AvgIpc) is 2.81. The van der Waals surface area contributed by atoms with Gasteiger partial charge < -0.3 is 50.0 Å². The lowest BCUT2D eigenvalue weighted by molar-refractivity contribution is -0.281. The summed E-state index contributed by atoms with van der Waals surface area (Å²) in [5.41, 5.74) is 0. The normalized spacial score (nSPS) is 47.5. The van der Waals surface area contributed by atoms with Gasteiger partial charge in [-0.1, -0.05) is 0 Å². The van der Waals surface area contributed by atoms with Crippen molar-refractivity contribution in [3.05, 3.63) is 0 Å². The van der Waals surface area contributed by atoms with Crippen LogP contribution in [0, 0.1) is 0 Å². The standard InChI is InChI=1S/C12H20O11/c13-1-3-5(14)6(15)4(22-3)2-21-12(20)10-8(17)7(16)9(18)11(19)23-10/h3-11,13-19H,1-2H2/t3-,4-,5-,6-,7+,8+,9-,10+,11-/m1/s1. The zero-order valence-electron chi connectivity index (χ0n) is 11.9. The summed E-state index contributed by atoms with van der Waals surface area (Å²) in [6.45, 7) is -1.06. The summed E-state index contributed by atoms with van der Waals surface area (Å²) in [4.78, 5) is 11.8. The number of ether oxygens (including phenoxy) is 3. The van der Waals surface area contributed by atoms with Crippen molar-refractivity contribution < 1.29 is 54.8 Å². The molecule has 2 rings (SSSR count). The minimum absolute atomic E-state index is 0.519. The lowest BCUT2D eigenvalue weighted by Crippen LogP contribution is -2.60. The quantitative estimate of drug-likeness (QED) is 0.242. The number of carbonyl (C=O) groups excluding carboxylic acids is 1. The molecule has 2 heterocycles. The minimum atomic E-state index is -1.89. The summed E-state index contributed by atoms with van der Waals surface area (Å²) < 4.78 is 14.5. The van der Waals surface area contributed by atoms with Crippen LogP contribution in [0.2, 0.25) is 0 Å². The highest BCUT2D eigenvalue weighted by Gasteiger charge is 2.48. The van der Waals surface area contributed by atoms with E-state index in [1.54, 1.807) is 0 Å². The summed E-state index contributed by atoms with van der Waals surface area (Å²) in [6.07, 6.45) is -13.9. The number of rotatable bonds is 4. The molecule has 0 aromatic carbocycles. The molecule has 11 nitrogen and oxygen atoms in total. The van der Waals surface area contributed by atoms with Gasteiger partial charge in [-0.3, -0.25) is 0 Å². The van der Waals surface area contributed by atoms with Crippen molar-refractivity contribution in [1.29, 1.82) is 0 Å². The molecule has 0 radical (unpaired) electrons. The van der Waals surface area contributed by atoms with Crippen LogP contribution in [0.3, 0.4) is 0 Å². The Hall–Kier alpha value is -0.890. The zero-order chi connectivity index (χ0) is 17.3. The lowest BCUT2D eigenvalue weighted by atomic mass is 9.99. The Morgan fingerprint density at radius 2 is 1.43 bits per heavy atom. The van der Waals surface area contributed by atoms with Gasteiger partial charge in [0.05, 0.1) is 6.61 Å². The molecular formula is C12H20O11. The van der Waals surface area contributed by atoms with E-state index >= 15 is 0 Å². The fourth-order valence-electron chi connectivity index (χ4n) is 2.42. The van der Waals surface area contributed by atoms with Gasteiger partial charge in [-0.2, -0.15) is 0 Å². The molecule has 0 aromatic heterocycles. The Labute approximate surface area is 130 Å². The summed E-state index contributed by atoms with van der Waals surface area (Å²) in [5.74, 6) is -1.17. The highest BCUT2D eigenvalue weighted by atomic mass is 16.7. The van der Waals surface area contributed by atoms with Gasteiger partial charge in [0.15, 0.2) is 12.4 Å². The number of carbonyl (C=O) groups is 1. The summed E-state index contributed by atoms with van der Waals surface area (Å²) in [7, 11) is 0. The largest absolute Gasteiger partial charge is 0.461 e. The Bertz CT molecular complexity index is 418. The van der Waals surface area contributed by atoms with Gasteiger partial charge in [0.1, 0.15) is 49.3 Å². The van der Waals surface area contributed by atoms with Gasteiger partial charge in [-0.15, -0.1) is 0 Å². The molecule has 23 heavy (non-hydrogen) atoms. The first-order valence-corrected chi connectivity index (χ1v) is 6.94. The van der Waals surface area contributed by atoms with Crippen LogP contribution < -0.4 is 0 Å². The maximum absolute atomic E-state index is 11.8. The van der Waals surface area contributed by atoms with E-state index in [-0.39, 0.29) is 0 Å². The fraction of sp³-hybridized carbons (Fsp3) is 0.917. The van der Waals surface area contributed by atoms with Crippen LogP contribution >= 0.6 is 0 Å². The molecule has 0 saturated carbocycles. The topological polar surface area (TPSA) is 186 Å². The second kappa shape index (κ2) is 7.34. The third-order valence-corrected chi connectivity index (χ3v) is 3.85. The highest BCUT2D eigenvalue weighted by Crippen LogP contribution is 2.23. The molecule has 0 aromatic rings. The number of hydrogen-bond donors (Lipinski definition) is 7. The molecule has 2 aliphatic heterocycles. The van der Waals surface area contributed by atoms with Crippen molar-refractivity contribution in [2.24, 2.45) is 0 Å². The fourth-order valence-corrected chi connectivity index (χ4v) is 2.42. The van der Waals surface area contributed by atoms with E-state index < -0.39 is 74.3 Å². The van der Waals surface area contributed by atoms with Crippen LogP contribution in [0.1, 0.15) is 0 Å². The lowest BCUT2D eigenvalue weighted by Gasteiger charge is -2.37. The predicted octanol–water partition coefficient (Wildman–Crippen LogP) is -5.19. The van der Waals surface area contributed by atoms with Gasteiger partial charge in [-0.05, 0) is 0 Å². The van der Waals surface area contributed by atoms with E-state index in [2.05, 4.69) is 4.74 Å². The number of aliphatic hydroxyl groups is 7. The monoisotopic (exact) mass is 340 g/mol. The molecule has 0 bridgehead atoms. The average molecular weight is 340 g/mol. The molecular weight excluding hydrogens is 320 g/mol. The molecule has 9 atom stereocenters. The Balaban J connectivity index is 1.90. The molecule has 134 valence electrons. The second-order valence-corrected chi connectivity index (χ2v) is 5.43. The Morgan fingerprint density at radius 3 is 2.00 bits per heavy atom. The van der Waals surface area contributed by atoms with Crippen LogP contribution in [0.15, 0.2) is 0 Å². The molecule has 2 aliphatic rings. The van der Waals surface area contributed by atoms with Crippen molar-refractivity contribution >= 4 is 5.97 Å². The first kappa shape index (κ1) is 18.4. The SMILES string of the molecule is O=C(OC[C@H]1O[C@H](CO)[C@@H](O)[C@@H]1O)[C@H]1O[C@@H](O)[C@H](O)[C@@H](O)[C@@H]1O. The van der Waals surface area contributed by atoms with E-state index in [9.17, 15) is 35.4 Å². The van der Waals surface area contributed by atoms with E-state index in [0.29, 0.717) is 0 Å². The van der Waals surface area contributed by atoms with Gasteiger partial charge in [0, 0.05) is 0 Å². The predicted molar refractivity (Wildman–Crippen MR) is 67.6 cm³/mol. The molecule has 0 spiro atoms. The maximum Gasteiger partial charge on any atom is 0.338 e. The third kappa shape index (κ3) is 3.63. The van der Waals surface area contributed by atoms with E-state index in [0.717, 1.165) is 0 Å². The Kier molecular flexibility index (Phi) is 5.89. The van der Waals surface area contributed by atoms with Crippen LogP contribution in [0.4, 0.5) is 0 Å². The molecule has 2 saturated heterocycles. The van der Waals surface area contributed by atoms with Crippen LogP contribution in [-0.4, -0.2) is 110 Å². The van der Waals surface area contributed by atoms with Gasteiger partial charge >= 0.3 is 5.97 Å². The summed E-state index contributed by atoms with van der Waals surface area (Å²) in [5, 5.41) is 65.9. The molecule has 11 heteroatoms.